The zero-order valence-electron chi connectivity index (χ0n) is 11.9. The van der Waals surface area contributed by atoms with E-state index in [0.29, 0.717) is 11.3 Å². The van der Waals surface area contributed by atoms with Crippen LogP contribution in [0.25, 0.3) is 5.65 Å². The second kappa shape index (κ2) is 5.86. The molecule has 2 rings (SSSR count). The number of nitrogens with zero attached hydrogens (tertiary/aromatic N) is 2. The number of carbonyl (C=O) groups is 1. The Bertz CT molecular complexity index is 691. The Morgan fingerprint density at radius 2 is 2.20 bits per heavy atom. The van der Waals surface area contributed by atoms with Crippen molar-refractivity contribution in [1.29, 1.82) is 0 Å². The molecule has 1 unspecified atom stereocenters. The fourth-order valence-electron chi connectivity index (χ4n) is 1.79. The van der Waals surface area contributed by atoms with Crippen molar-refractivity contribution < 1.29 is 9.53 Å². The molecular weight excluding hydrogens is 256 g/mol. The van der Waals surface area contributed by atoms with Gasteiger partial charge in [-0.3, -0.25) is 14.0 Å². The lowest BCUT2D eigenvalue weighted by Crippen LogP contribution is -2.18. The van der Waals surface area contributed by atoms with Crippen LogP contribution in [0.2, 0.25) is 0 Å². The van der Waals surface area contributed by atoms with E-state index in [0.717, 1.165) is 12.0 Å². The van der Waals surface area contributed by atoms with Crippen LogP contribution >= 0.6 is 0 Å². The Labute approximate surface area is 117 Å². The number of hydrogen-bond acceptors (Lipinski definition) is 4. The van der Waals surface area contributed by atoms with Crippen LogP contribution in [0.3, 0.4) is 0 Å². The molecule has 0 N–H and O–H groups in total. The van der Waals surface area contributed by atoms with E-state index in [9.17, 15) is 9.59 Å². The third kappa shape index (κ3) is 3.04. The Morgan fingerprint density at radius 1 is 1.45 bits per heavy atom. The SMILES string of the molecule is CCC(C)C(=O)OCc1cc(=O)n2cc(C)ccc2n1. The van der Waals surface area contributed by atoms with Gasteiger partial charge in [-0.1, -0.05) is 19.9 Å². The van der Waals surface area contributed by atoms with Crippen LogP contribution in [0, 0.1) is 12.8 Å². The Balaban J connectivity index is 2.22. The first-order chi connectivity index (χ1) is 9.51. The van der Waals surface area contributed by atoms with E-state index in [1.807, 2.05) is 26.8 Å². The summed E-state index contributed by atoms with van der Waals surface area (Å²) in [4.78, 5) is 27.9. The molecule has 0 saturated heterocycles. The van der Waals surface area contributed by atoms with Crippen molar-refractivity contribution in [3.63, 3.8) is 0 Å². The number of esters is 1. The van der Waals surface area contributed by atoms with Gasteiger partial charge in [0.05, 0.1) is 11.6 Å². The van der Waals surface area contributed by atoms with E-state index in [1.165, 1.54) is 10.5 Å². The van der Waals surface area contributed by atoms with Gasteiger partial charge in [0.2, 0.25) is 0 Å². The highest BCUT2D eigenvalue weighted by Crippen LogP contribution is 2.07. The summed E-state index contributed by atoms with van der Waals surface area (Å²) >= 11 is 0. The molecule has 0 fully saturated rings. The summed E-state index contributed by atoms with van der Waals surface area (Å²) in [6, 6.07) is 5.06. The van der Waals surface area contributed by atoms with Crippen molar-refractivity contribution in [3.05, 3.63) is 46.0 Å². The molecule has 0 aromatic carbocycles. The standard InChI is InChI=1S/C15H18N2O3/c1-4-11(3)15(19)20-9-12-7-14(18)17-8-10(2)5-6-13(17)16-12/h5-8,11H,4,9H2,1-3H3. The first-order valence-electron chi connectivity index (χ1n) is 6.67. The predicted molar refractivity (Wildman–Crippen MR) is 75.5 cm³/mol. The first kappa shape index (κ1) is 14.2. The lowest BCUT2D eigenvalue weighted by Gasteiger charge is -2.09. The lowest BCUT2D eigenvalue weighted by atomic mass is 10.1. The van der Waals surface area contributed by atoms with Crippen molar-refractivity contribution >= 4 is 11.6 Å². The van der Waals surface area contributed by atoms with Crippen LogP contribution in [-0.2, 0) is 16.1 Å². The minimum Gasteiger partial charge on any atom is -0.459 e. The summed E-state index contributed by atoms with van der Waals surface area (Å²) in [6.07, 6.45) is 2.46. The van der Waals surface area contributed by atoms with Gasteiger partial charge in [0.15, 0.2) is 0 Å². The van der Waals surface area contributed by atoms with E-state index in [4.69, 9.17) is 4.74 Å². The number of aromatic nitrogens is 2. The Hall–Kier alpha value is -2.17. The van der Waals surface area contributed by atoms with Crippen LogP contribution in [0.1, 0.15) is 31.5 Å². The number of rotatable bonds is 4. The second-order valence-electron chi connectivity index (χ2n) is 4.94. The summed E-state index contributed by atoms with van der Waals surface area (Å²) in [5.41, 5.74) is 1.83. The monoisotopic (exact) mass is 274 g/mol. The minimum absolute atomic E-state index is 0.0305. The maximum absolute atomic E-state index is 12.0. The highest BCUT2D eigenvalue weighted by atomic mass is 16.5. The molecule has 0 bridgehead atoms. The van der Waals surface area contributed by atoms with Gasteiger partial charge in [0.1, 0.15) is 12.3 Å². The molecule has 0 saturated carbocycles. The zero-order chi connectivity index (χ0) is 14.7. The molecule has 20 heavy (non-hydrogen) atoms. The van der Waals surface area contributed by atoms with Gasteiger partial charge in [-0.15, -0.1) is 0 Å². The van der Waals surface area contributed by atoms with Gasteiger partial charge in [-0.05, 0) is 25.0 Å². The summed E-state index contributed by atoms with van der Waals surface area (Å²) in [5, 5.41) is 0. The molecule has 2 aromatic heterocycles. The van der Waals surface area contributed by atoms with E-state index >= 15 is 0 Å². The zero-order valence-corrected chi connectivity index (χ0v) is 11.9. The third-order valence-corrected chi connectivity index (χ3v) is 3.24. The van der Waals surface area contributed by atoms with Crippen molar-refractivity contribution in [2.75, 3.05) is 0 Å². The third-order valence-electron chi connectivity index (χ3n) is 3.24. The molecule has 0 spiro atoms. The maximum Gasteiger partial charge on any atom is 0.309 e. The van der Waals surface area contributed by atoms with Crippen LogP contribution in [0.5, 0.6) is 0 Å². The number of aryl methyl sites for hydroxylation is 1. The number of pyridine rings is 1. The fraction of sp³-hybridized carbons (Fsp3) is 0.400. The van der Waals surface area contributed by atoms with Crippen molar-refractivity contribution in [3.8, 4) is 0 Å². The van der Waals surface area contributed by atoms with E-state index in [2.05, 4.69) is 4.98 Å². The number of carbonyl (C=O) groups excluding carboxylic acids is 1. The largest absolute Gasteiger partial charge is 0.459 e. The van der Waals surface area contributed by atoms with Gasteiger partial charge in [-0.25, -0.2) is 4.98 Å². The summed E-state index contributed by atoms with van der Waals surface area (Å²) < 4.78 is 6.64. The topological polar surface area (TPSA) is 60.7 Å². The van der Waals surface area contributed by atoms with Gasteiger partial charge in [-0.2, -0.15) is 0 Å². The molecule has 2 aromatic rings. The van der Waals surface area contributed by atoms with E-state index in [1.54, 1.807) is 12.3 Å². The number of ether oxygens (including phenoxy) is 1. The normalized spacial score (nSPS) is 12.3. The highest BCUT2D eigenvalue weighted by molar-refractivity contribution is 5.71. The summed E-state index contributed by atoms with van der Waals surface area (Å²) in [5.74, 6) is -0.405. The van der Waals surface area contributed by atoms with Crippen molar-refractivity contribution in [2.45, 2.75) is 33.8 Å². The van der Waals surface area contributed by atoms with Gasteiger partial charge < -0.3 is 4.74 Å². The predicted octanol–water partition coefficient (Wildman–Crippen LogP) is 2.09. The van der Waals surface area contributed by atoms with Crippen LogP contribution in [0.4, 0.5) is 0 Å². The van der Waals surface area contributed by atoms with Gasteiger partial charge >= 0.3 is 5.97 Å². The Kier molecular flexibility index (Phi) is 4.17. The fourth-order valence-corrected chi connectivity index (χ4v) is 1.79. The molecule has 0 aliphatic rings. The Morgan fingerprint density at radius 3 is 2.90 bits per heavy atom. The minimum atomic E-state index is -0.265. The molecule has 0 aliphatic carbocycles. The van der Waals surface area contributed by atoms with E-state index < -0.39 is 0 Å². The van der Waals surface area contributed by atoms with Crippen LogP contribution in [-0.4, -0.2) is 15.4 Å². The van der Waals surface area contributed by atoms with Gasteiger partial charge in [0, 0.05) is 12.3 Å². The van der Waals surface area contributed by atoms with Crippen LogP contribution < -0.4 is 5.56 Å². The summed E-state index contributed by atoms with van der Waals surface area (Å²) in [7, 11) is 0. The van der Waals surface area contributed by atoms with Crippen molar-refractivity contribution in [2.24, 2.45) is 5.92 Å². The molecule has 5 nitrogen and oxygen atoms in total. The molecule has 106 valence electrons. The average Bonchev–Trinajstić information content (AvgIpc) is 2.44. The number of hydrogen-bond donors (Lipinski definition) is 0. The molecular formula is C15H18N2O3. The smallest absolute Gasteiger partial charge is 0.309 e. The van der Waals surface area contributed by atoms with Crippen LogP contribution in [0.15, 0.2) is 29.2 Å². The first-order valence-corrected chi connectivity index (χ1v) is 6.67. The van der Waals surface area contributed by atoms with Crippen molar-refractivity contribution in [1.82, 2.24) is 9.38 Å². The molecule has 0 amide bonds. The quantitative estimate of drug-likeness (QED) is 0.801. The summed E-state index contributed by atoms with van der Waals surface area (Å²) in [6.45, 7) is 5.68. The number of fused-ring (bicyclic) bond motifs is 1. The average molecular weight is 274 g/mol. The molecule has 1 atom stereocenters. The van der Waals surface area contributed by atoms with E-state index in [-0.39, 0.29) is 24.1 Å². The molecule has 0 aliphatic heterocycles. The van der Waals surface area contributed by atoms with Gasteiger partial charge in [0.25, 0.3) is 5.56 Å². The second-order valence-corrected chi connectivity index (χ2v) is 4.94. The molecule has 5 heteroatoms. The molecule has 0 radical (unpaired) electrons. The lowest BCUT2D eigenvalue weighted by molar-refractivity contribution is -0.149. The maximum atomic E-state index is 12.0. The molecule has 2 heterocycles. The highest BCUT2D eigenvalue weighted by Gasteiger charge is 2.12.